The quantitative estimate of drug-likeness (QED) is 0.239. The molecule has 1 rings (SSSR count). The third-order valence-electron chi connectivity index (χ3n) is 1.54. The van der Waals surface area contributed by atoms with E-state index in [0.717, 1.165) is 10.5 Å². The Morgan fingerprint density at radius 1 is 1.50 bits per heavy atom. The van der Waals surface area contributed by atoms with E-state index in [1.807, 2.05) is 30.5 Å². The maximum Gasteiger partial charge on any atom is 0.0880 e. The second-order valence-electron chi connectivity index (χ2n) is 2.39. The zero-order chi connectivity index (χ0) is 10.2. The van der Waals surface area contributed by atoms with Gasteiger partial charge in [0.2, 0.25) is 0 Å². The third kappa shape index (κ3) is 3.06. The fraction of sp³-hybridized carbons (Fsp3) is 0.200. The second-order valence-corrected chi connectivity index (χ2v) is 3.24. The van der Waals surface area contributed by atoms with E-state index in [9.17, 15) is 0 Å². The lowest BCUT2D eigenvalue weighted by Gasteiger charge is -1.97. The molecule has 0 aliphatic heterocycles. The minimum atomic E-state index is 0.221. The van der Waals surface area contributed by atoms with Crippen LogP contribution < -0.4 is 0 Å². The number of nitrogens with zero attached hydrogens (tertiary/aromatic N) is 3. The number of thioether (sulfide) groups is 1. The van der Waals surface area contributed by atoms with Gasteiger partial charge >= 0.3 is 0 Å². The van der Waals surface area contributed by atoms with Crippen molar-refractivity contribution in [3.8, 4) is 11.8 Å². The number of benzene rings is 1. The molecular weight excluding hydrogens is 194 g/mol. The number of rotatable bonds is 2. The van der Waals surface area contributed by atoms with E-state index in [1.54, 1.807) is 11.8 Å². The summed E-state index contributed by atoms with van der Waals surface area (Å²) < 4.78 is 0. The summed E-state index contributed by atoms with van der Waals surface area (Å²) in [4.78, 5) is 3.77. The molecule has 0 N–H and O–H groups in total. The van der Waals surface area contributed by atoms with E-state index in [2.05, 4.69) is 21.9 Å². The first-order valence-corrected chi connectivity index (χ1v) is 5.23. The predicted molar refractivity (Wildman–Crippen MR) is 59.1 cm³/mol. The zero-order valence-corrected chi connectivity index (χ0v) is 8.58. The van der Waals surface area contributed by atoms with Crippen LogP contribution in [0.15, 0.2) is 34.3 Å². The van der Waals surface area contributed by atoms with Crippen LogP contribution in [0.2, 0.25) is 0 Å². The van der Waals surface area contributed by atoms with Gasteiger partial charge in [0.15, 0.2) is 0 Å². The van der Waals surface area contributed by atoms with E-state index in [0.29, 0.717) is 0 Å². The maximum absolute atomic E-state index is 8.05. The lowest BCUT2D eigenvalue weighted by molar-refractivity contribution is 1.25. The van der Waals surface area contributed by atoms with Crippen LogP contribution in [0.4, 0.5) is 0 Å². The minimum absolute atomic E-state index is 0.221. The molecule has 0 unspecified atom stereocenters. The average Bonchev–Trinajstić information content (AvgIpc) is 2.25. The van der Waals surface area contributed by atoms with Crippen molar-refractivity contribution in [2.45, 2.75) is 4.90 Å². The van der Waals surface area contributed by atoms with E-state index in [1.165, 1.54) is 0 Å². The van der Waals surface area contributed by atoms with Crippen molar-refractivity contribution in [1.82, 2.24) is 0 Å². The molecule has 0 amide bonds. The van der Waals surface area contributed by atoms with Crippen LogP contribution in [0.1, 0.15) is 5.56 Å². The van der Waals surface area contributed by atoms with Crippen molar-refractivity contribution in [2.24, 2.45) is 5.11 Å². The molecule has 1 aromatic rings. The molecular formula is C10H9N3S. The highest BCUT2D eigenvalue weighted by Gasteiger charge is 1.94. The van der Waals surface area contributed by atoms with E-state index >= 15 is 0 Å². The van der Waals surface area contributed by atoms with Gasteiger partial charge in [-0.3, -0.25) is 0 Å². The smallest absolute Gasteiger partial charge is 0.0880 e. The maximum atomic E-state index is 8.05. The Kier molecular flexibility index (Phi) is 4.49. The average molecular weight is 203 g/mol. The Morgan fingerprint density at radius 3 is 3.00 bits per heavy atom. The Bertz CT molecular complexity index is 411. The largest absolute Gasteiger partial charge is 0.128 e. The fourth-order valence-electron chi connectivity index (χ4n) is 0.950. The van der Waals surface area contributed by atoms with E-state index < -0.39 is 0 Å². The second kappa shape index (κ2) is 5.98. The van der Waals surface area contributed by atoms with Gasteiger partial charge in [-0.25, -0.2) is 0 Å². The summed E-state index contributed by atoms with van der Waals surface area (Å²) in [5.41, 5.74) is 9.03. The first-order chi connectivity index (χ1) is 6.88. The fourth-order valence-corrected chi connectivity index (χ4v) is 1.50. The molecule has 0 saturated carbocycles. The van der Waals surface area contributed by atoms with Crippen molar-refractivity contribution in [3.63, 3.8) is 0 Å². The highest BCUT2D eigenvalue weighted by atomic mass is 32.2. The van der Waals surface area contributed by atoms with Crippen LogP contribution in [-0.2, 0) is 0 Å². The minimum Gasteiger partial charge on any atom is -0.128 e. The Balaban J connectivity index is 2.82. The number of hydrogen-bond donors (Lipinski definition) is 0. The molecule has 4 heteroatoms. The van der Waals surface area contributed by atoms with Gasteiger partial charge in [0.05, 0.1) is 6.54 Å². The van der Waals surface area contributed by atoms with E-state index in [-0.39, 0.29) is 6.54 Å². The molecule has 0 spiro atoms. The monoisotopic (exact) mass is 203 g/mol. The van der Waals surface area contributed by atoms with Crippen LogP contribution in [0, 0.1) is 11.8 Å². The number of hydrogen-bond acceptors (Lipinski definition) is 2. The van der Waals surface area contributed by atoms with Gasteiger partial charge < -0.3 is 0 Å². The van der Waals surface area contributed by atoms with Crippen molar-refractivity contribution in [1.29, 1.82) is 0 Å². The standard InChI is InChI=1S/C10H9N3S/c1-14-10-7-3-2-5-9(10)6-4-8-12-13-11/h2-3,5,7H,8H2,1H3. The summed E-state index contributed by atoms with van der Waals surface area (Å²) in [5, 5.41) is 3.34. The van der Waals surface area contributed by atoms with Crippen LogP contribution in [0.25, 0.3) is 10.4 Å². The van der Waals surface area contributed by atoms with Crippen molar-refractivity contribution < 1.29 is 0 Å². The number of azide groups is 1. The van der Waals surface area contributed by atoms with Crippen molar-refractivity contribution in [3.05, 3.63) is 40.3 Å². The third-order valence-corrected chi connectivity index (χ3v) is 2.34. The molecule has 0 bridgehead atoms. The first kappa shape index (κ1) is 10.5. The molecule has 0 saturated heterocycles. The lowest BCUT2D eigenvalue weighted by atomic mass is 10.2. The summed E-state index contributed by atoms with van der Waals surface area (Å²) >= 11 is 1.65. The molecule has 0 radical (unpaired) electrons. The van der Waals surface area contributed by atoms with Crippen LogP contribution in [0.5, 0.6) is 0 Å². The van der Waals surface area contributed by atoms with Gasteiger partial charge in [-0.1, -0.05) is 29.1 Å². The molecule has 0 atom stereocenters. The van der Waals surface area contributed by atoms with Gasteiger partial charge in [-0.15, -0.1) is 11.8 Å². The van der Waals surface area contributed by atoms with Gasteiger partial charge in [0.1, 0.15) is 0 Å². The van der Waals surface area contributed by atoms with Crippen LogP contribution >= 0.6 is 11.8 Å². The van der Waals surface area contributed by atoms with Crippen LogP contribution in [-0.4, -0.2) is 12.8 Å². The Labute approximate surface area is 87.1 Å². The summed E-state index contributed by atoms with van der Waals surface area (Å²) in [6, 6.07) is 7.89. The molecule has 1 aromatic carbocycles. The molecule has 0 aromatic heterocycles. The first-order valence-electron chi connectivity index (χ1n) is 4.01. The SMILES string of the molecule is CSc1ccccc1C#CCN=[N+]=[N-]. The van der Waals surface area contributed by atoms with Gasteiger partial charge in [0, 0.05) is 15.4 Å². The molecule has 0 fully saturated rings. The molecule has 0 heterocycles. The highest BCUT2D eigenvalue weighted by Crippen LogP contribution is 2.18. The Hall–Kier alpha value is -1.56. The molecule has 0 aliphatic rings. The highest BCUT2D eigenvalue weighted by molar-refractivity contribution is 7.98. The van der Waals surface area contributed by atoms with Gasteiger partial charge in [0.25, 0.3) is 0 Å². The summed E-state index contributed by atoms with van der Waals surface area (Å²) in [5.74, 6) is 5.76. The molecule has 14 heavy (non-hydrogen) atoms. The zero-order valence-electron chi connectivity index (χ0n) is 7.77. The Morgan fingerprint density at radius 2 is 2.29 bits per heavy atom. The van der Waals surface area contributed by atoms with Crippen molar-refractivity contribution in [2.75, 3.05) is 12.8 Å². The van der Waals surface area contributed by atoms with Gasteiger partial charge in [-0.05, 0) is 23.9 Å². The molecule has 0 aliphatic carbocycles. The summed E-state index contributed by atoms with van der Waals surface area (Å²) in [6.45, 7) is 0.221. The normalized spacial score (nSPS) is 8.36. The predicted octanol–water partition coefficient (Wildman–Crippen LogP) is 3.07. The topological polar surface area (TPSA) is 48.8 Å². The molecule has 3 nitrogen and oxygen atoms in total. The summed E-state index contributed by atoms with van der Waals surface area (Å²) in [7, 11) is 0. The summed E-state index contributed by atoms with van der Waals surface area (Å²) in [6.07, 6.45) is 2.01. The van der Waals surface area contributed by atoms with Gasteiger partial charge in [-0.2, -0.15) is 0 Å². The molecule has 70 valence electrons. The lowest BCUT2D eigenvalue weighted by Crippen LogP contribution is -1.79. The van der Waals surface area contributed by atoms with E-state index in [4.69, 9.17) is 5.53 Å². The van der Waals surface area contributed by atoms with Crippen molar-refractivity contribution >= 4 is 11.8 Å². The van der Waals surface area contributed by atoms with Crippen LogP contribution in [0.3, 0.4) is 0 Å².